The second-order valence-corrected chi connectivity index (χ2v) is 8.55. The fourth-order valence-corrected chi connectivity index (χ4v) is 5.05. The van der Waals surface area contributed by atoms with Gasteiger partial charge in [-0.1, -0.05) is 32.4 Å². The van der Waals surface area contributed by atoms with Crippen molar-refractivity contribution >= 4 is 27.5 Å². The van der Waals surface area contributed by atoms with E-state index >= 15 is 0 Å². The maximum Gasteiger partial charge on any atom is 0.253 e. The minimum absolute atomic E-state index is 0.00349. The normalized spacial score (nSPS) is 18.9. The molecule has 0 aromatic heterocycles. The van der Waals surface area contributed by atoms with Crippen LogP contribution in [0.15, 0.2) is 23.1 Å². The second-order valence-electron chi connectivity index (χ2n) is 6.23. The Bertz CT molecular complexity index is 702. The largest absolute Gasteiger partial charge is 0.338 e. The number of hydrogen-bond acceptors (Lipinski definition) is 3. The molecule has 2 rings (SSSR count). The molecule has 0 bridgehead atoms. The third-order valence-electron chi connectivity index (χ3n) is 4.45. The second kappa shape index (κ2) is 7.85. The van der Waals surface area contributed by atoms with Crippen LogP contribution in [0.4, 0.5) is 0 Å². The van der Waals surface area contributed by atoms with Crippen LogP contribution in [-0.4, -0.2) is 49.7 Å². The lowest BCUT2D eigenvalue weighted by molar-refractivity contribution is 0.0683. The highest BCUT2D eigenvalue weighted by atomic mass is 35.5. The zero-order valence-electron chi connectivity index (χ0n) is 14.5. The summed E-state index contributed by atoms with van der Waals surface area (Å²) in [5.41, 5.74) is 0.374. The first-order chi connectivity index (χ1) is 11.3. The number of rotatable bonds is 5. The van der Waals surface area contributed by atoms with Gasteiger partial charge in [0.25, 0.3) is 5.91 Å². The molecule has 0 N–H and O–H groups in total. The number of nitrogens with zero attached hydrogens (tertiary/aromatic N) is 2. The van der Waals surface area contributed by atoms with E-state index < -0.39 is 10.0 Å². The van der Waals surface area contributed by atoms with Crippen molar-refractivity contribution in [2.75, 3.05) is 26.2 Å². The Labute approximate surface area is 149 Å². The molecule has 1 aromatic rings. The van der Waals surface area contributed by atoms with E-state index in [0.29, 0.717) is 37.7 Å². The Morgan fingerprint density at radius 1 is 1.33 bits per heavy atom. The smallest absolute Gasteiger partial charge is 0.253 e. The van der Waals surface area contributed by atoms with Crippen molar-refractivity contribution in [1.82, 2.24) is 9.21 Å². The monoisotopic (exact) mass is 372 g/mol. The van der Waals surface area contributed by atoms with Crippen LogP contribution in [0.25, 0.3) is 0 Å². The van der Waals surface area contributed by atoms with E-state index in [0.717, 1.165) is 12.8 Å². The molecule has 1 aliphatic rings. The minimum Gasteiger partial charge on any atom is -0.338 e. The van der Waals surface area contributed by atoms with Crippen molar-refractivity contribution in [1.29, 1.82) is 0 Å². The van der Waals surface area contributed by atoms with E-state index in [2.05, 4.69) is 6.92 Å². The molecule has 1 aromatic carbocycles. The SMILES string of the molecule is CCN(CC)S(=O)(=O)c1cc(C(=O)N2CCC[C@@H](C)C2)ccc1Cl. The van der Waals surface area contributed by atoms with E-state index in [1.807, 2.05) is 0 Å². The number of likely N-dealkylation sites (tertiary alicyclic amines) is 1. The van der Waals surface area contributed by atoms with Crippen LogP contribution in [0, 0.1) is 5.92 Å². The van der Waals surface area contributed by atoms with Crippen molar-refractivity contribution in [3.63, 3.8) is 0 Å². The van der Waals surface area contributed by atoms with Crippen LogP contribution in [0.5, 0.6) is 0 Å². The van der Waals surface area contributed by atoms with Gasteiger partial charge in [0.2, 0.25) is 10.0 Å². The van der Waals surface area contributed by atoms with Crippen molar-refractivity contribution < 1.29 is 13.2 Å². The van der Waals surface area contributed by atoms with Crippen LogP contribution < -0.4 is 0 Å². The molecule has 0 unspecified atom stereocenters. The van der Waals surface area contributed by atoms with E-state index in [4.69, 9.17) is 11.6 Å². The van der Waals surface area contributed by atoms with Gasteiger partial charge in [0, 0.05) is 31.7 Å². The topological polar surface area (TPSA) is 57.7 Å². The average molecular weight is 373 g/mol. The number of benzene rings is 1. The maximum absolute atomic E-state index is 12.7. The first kappa shape index (κ1) is 19.2. The van der Waals surface area contributed by atoms with Crippen LogP contribution in [-0.2, 0) is 10.0 Å². The van der Waals surface area contributed by atoms with Crippen molar-refractivity contribution in [2.24, 2.45) is 5.92 Å². The Morgan fingerprint density at radius 2 is 2.00 bits per heavy atom. The summed E-state index contributed by atoms with van der Waals surface area (Å²) in [6.45, 7) is 7.81. The predicted molar refractivity (Wildman–Crippen MR) is 95.9 cm³/mol. The van der Waals surface area contributed by atoms with Crippen LogP contribution in [0.2, 0.25) is 5.02 Å². The molecule has 0 radical (unpaired) electrons. The molecule has 1 saturated heterocycles. The molecule has 0 spiro atoms. The van der Waals surface area contributed by atoms with Crippen LogP contribution >= 0.6 is 11.6 Å². The molecule has 7 heteroatoms. The third kappa shape index (κ3) is 3.92. The Hall–Kier alpha value is -1.11. The van der Waals surface area contributed by atoms with E-state index in [1.54, 1.807) is 24.8 Å². The number of piperidine rings is 1. The summed E-state index contributed by atoms with van der Waals surface area (Å²) in [6, 6.07) is 4.52. The molecule has 0 saturated carbocycles. The predicted octanol–water partition coefficient (Wildman–Crippen LogP) is 3.24. The van der Waals surface area contributed by atoms with Gasteiger partial charge in [-0.2, -0.15) is 4.31 Å². The van der Waals surface area contributed by atoms with Gasteiger partial charge < -0.3 is 4.90 Å². The van der Waals surface area contributed by atoms with Crippen molar-refractivity contribution in [3.8, 4) is 0 Å². The lowest BCUT2D eigenvalue weighted by Crippen LogP contribution is -2.39. The molecule has 1 amide bonds. The number of sulfonamides is 1. The molecule has 1 atom stereocenters. The summed E-state index contributed by atoms with van der Waals surface area (Å²) in [5, 5.41) is 0.144. The summed E-state index contributed by atoms with van der Waals surface area (Å²) < 4.78 is 26.8. The molecule has 1 heterocycles. The van der Waals surface area contributed by atoms with E-state index in [1.165, 1.54) is 16.4 Å². The summed E-state index contributed by atoms with van der Waals surface area (Å²) in [7, 11) is -3.70. The van der Waals surface area contributed by atoms with Gasteiger partial charge in [0.05, 0.1) is 5.02 Å². The van der Waals surface area contributed by atoms with E-state index in [9.17, 15) is 13.2 Å². The quantitative estimate of drug-likeness (QED) is 0.797. The highest BCUT2D eigenvalue weighted by Gasteiger charge is 2.27. The highest BCUT2D eigenvalue weighted by molar-refractivity contribution is 7.89. The first-order valence-corrected chi connectivity index (χ1v) is 10.2. The zero-order valence-corrected chi connectivity index (χ0v) is 16.0. The van der Waals surface area contributed by atoms with Gasteiger partial charge in [-0.25, -0.2) is 8.42 Å². The zero-order chi connectivity index (χ0) is 17.9. The van der Waals surface area contributed by atoms with Gasteiger partial charge in [-0.05, 0) is 37.0 Å². The summed E-state index contributed by atoms with van der Waals surface area (Å²) in [5.74, 6) is 0.336. The molecule has 5 nitrogen and oxygen atoms in total. The summed E-state index contributed by atoms with van der Waals surface area (Å²) in [4.78, 5) is 14.5. The van der Waals surface area contributed by atoms with Gasteiger partial charge in [0.1, 0.15) is 4.90 Å². The fraction of sp³-hybridized carbons (Fsp3) is 0.588. The van der Waals surface area contributed by atoms with Gasteiger partial charge >= 0.3 is 0 Å². The Balaban J connectivity index is 2.36. The van der Waals surface area contributed by atoms with Crippen molar-refractivity contribution in [2.45, 2.75) is 38.5 Å². The van der Waals surface area contributed by atoms with Gasteiger partial charge in [-0.15, -0.1) is 0 Å². The third-order valence-corrected chi connectivity index (χ3v) is 6.98. The number of hydrogen-bond donors (Lipinski definition) is 0. The number of carbonyl (C=O) groups is 1. The van der Waals surface area contributed by atoms with Gasteiger partial charge in [-0.3, -0.25) is 4.79 Å². The van der Waals surface area contributed by atoms with Crippen LogP contribution in [0.1, 0.15) is 44.0 Å². The lowest BCUT2D eigenvalue weighted by atomic mass is 9.99. The molecule has 1 aliphatic heterocycles. The van der Waals surface area contributed by atoms with Crippen LogP contribution in [0.3, 0.4) is 0 Å². The number of carbonyl (C=O) groups excluding carboxylic acids is 1. The summed E-state index contributed by atoms with van der Waals surface area (Å²) >= 11 is 6.12. The van der Waals surface area contributed by atoms with Crippen molar-refractivity contribution in [3.05, 3.63) is 28.8 Å². The fourth-order valence-electron chi connectivity index (χ4n) is 3.09. The number of amides is 1. The highest BCUT2D eigenvalue weighted by Crippen LogP contribution is 2.27. The van der Waals surface area contributed by atoms with E-state index in [-0.39, 0.29) is 15.8 Å². The molecule has 0 aliphatic carbocycles. The van der Waals surface area contributed by atoms with Gasteiger partial charge in [0.15, 0.2) is 0 Å². The standard InChI is InChI=1S/C17H25ClN2O3S/c1-4-20(5-2)24(22,23)16-11-14(8-9-15(16)18)17(21)19-10-6-7-13(3)12-19/h8-9,11,13H,4-7,10,12H2,1-3H3/t13-/m1/s1. The lowest BCUT2D eigenvalue weighted by Gasteiger charge is -2.31. The molecule has 134 valence electrons. The average Bonchev–Trinajstić information content (AvgIpc) is 2.55. The Kier molecular flexibility index (Phi) is 6.28. The maximum atomic E-state index is 12.7. The molecular formula is C17H25ClN2O3S. The minimum atomic E-state index is -3.70. The molecule has 24 heavy (non-hydrogen) atoms. The summed E-state index contributed by atoms with van der Waals surface area (Å²) in [6.07, 6.45) is 2.09. The molecule has 1 fully saturated rings. The molecular weight excluding hydrogens is 348 g/mol. The number of halogens is 1. The first-order valence-electron chi connectivity index (χ1n) is 8.40. The Morgan fingerprint density at radius 3 is 2.58 bits per heavy atom.